The van der Waals surface area contributed by atoms with Gasteiger partial charge in [-0.3, -0.25) is 0 Å². The molecule has 1 aliphatic carbocycles. The first-order valence-corrected chi connectivity index (χ1v) is 5.20. The van der Waals surface area contributed by atoms with Gasteiger partial charge in [0.15, 0.2) is 0 Å². The van der Waals surface area contributed by atoms with Crippen LogP contribution in [0.5, 0.6) is 0 Å². The van der Waals surface area contributed by atoms with Gasteiger partial charge >= 0.3 is 0 Å². The van der Waals surface area contributed by atoms with Crippen molar-refractivity contribution >= 4 is 11.3 Å². The summed E-state index contributed by atoms with van der Waals surface area (Å²) in [6.45, 7) is 2.05. The maximum atomic E-state index is 5.99. The molecule has 1 aliphatic rings. The minimum Gasteiger partial charge on any atom is -0.325 e. The molecule has 2 rings (SSSR count). The molecule has 0 unspecified atom stereocenters. The molecule has 0 aliphatic heterocycles. The normalized spacial score (nSPS) is 19.5. The zero-order chi connectivity index (χ0) is 8.60. The van der Waals surface area contributed by atoms with Gasteiger partial charge in [0.05, 0.1) is 5.01 Å². The van der Waals surface area contributed by atoms with Gasteiger partial charge in [0.2, 0.25) is 0 Å². The Balaban J connectivity index is 1.87. The van der Waals surface area contributed by atoms with Gasteiger partial charge in [0, 0.05) is 16.6 Å². The van der Waals surface area contributed by atoms with Crippen molar-refractivity contribution in [1.82, 2.24) is 4.98 Å². The number of nitrogens with two attached hydrogens (primary N) is 1. The van der Waals surface area contributed by atoms with E-state index in [1.165, 1.54) is 17.7 Å². The Morgan fingerprint density at radius 2 is 2.42 bits per heavy atom. The van der Waals surface area contributed by atoms with Crippen molar-refractivity contribution in [3.8, 4) is 0 Å². The summed E-state index contributed by atoms with van der Waals surface area (Å²) < 4.78 is 0. The van der Waals surface area contributed by atoms with Crippen molar-refractivity contribution in [2.45, 2.75) is 38.1 Å². The van der Waals surface area contributed by atoms with Crippen LogP contribution in [0.15, 0.2) is 6.20 Å². The largest absolute Gasteiger partial charge is 0.325 e. The molecule has 0 spiro atoms. The second kappa shape index (κ2) is 2.82. The third kappa shape index (κ3) is 1.84. The number of hydrogen-bond acceptors (Lipinski definition) is 3. The van der Waals surface area contributed by atoms with Gasteiger partial charge in [-0.05, 0) is 32.6 Å². The summed E-state index contributed by atoms with van der Waals surface area (Å²) in [7, 11) is 0. The number of aryl methyl sites for hydroxylation is 2. The second-order valence-corrected chi connectivity index (χ2v) is 5.03. The molecule has 0 radical (unpaired) electrons. The van der Waals surface area contributed by atoms with Crippen LogP contribution in [0.4, 0.5) is 0 Å². The van der Waals surface area contributed by atoms with E-state index in [1.54, 1.807) is 11.3 Å². The van der Waals surface area contributed by atoms with Crippen molar-refractivity contribution in [3.63, 3.8) is 0 Å². The molecule has 0 atom stereocenters. The van der Waals surface area contributed by atoms with Crippen LogP contribution < -0.4 is 5.73 Å². The minimum atomic E-state index is 0.192. The molecule has 0 aromatic carbocycles. The molecule has 2 nitrogen and oxygen atoms in total. The third-order valence-corrected chi connectivity index (χ3v) is 3.40. The molecule has 12 heavy (non-hydrogen) atoms. The highest BCUT2D eigenvalue weighted by atomic mass is 32.1. The zero-order valence-corrected chi connectivity index (χ0v) is 8.16. The van der Waals surface area contributed by atoms with Gasteiger partial charge in [-0.25, -0.2) is 4.98 Å². The number of nitrogens with zero attached hydrogens (tertiary/aromatic N) is 1. The van der Waals surface area contributed by atoms with E-state index in [0.29, 0.717) is 0 Å². The van der Waals surface area contributed by atoms with Crippen molar-refractivity contribution in [2.24, 2.45) is 5.73 Å². The Morgan fingerprint density at radius 3 is 2.92 bits per heavy atom. The van der Waals surface area contributed by atoms with Crippen LogP contribution >= 0.6 is 11.3 Å². The first kappa shape index (κ1) is 8.20. The lowest BCUT2D eigenvalue weighted by Crippen LogP contribution is -2.21. The summed E-state index contributed by atoms with van der Waals surface area (Å²) in [5.41, 5.74) is 6.18. The van der Waals surface area contributed by atoms with Crippen LogP contribution in [-0.4, -0.2) is 10.5 Å². The topological polar surface area (TPSA) is 38.9 Å². The summed E-state index contributed by atoms with van der Waals surface area (Å²) >= 11 is 1.79. The highest BCUT2D eigenvalue weighted by Crippen LogP contribution is 2.36. The van der Waals surface area contributed by atoms with Crippen molar-refractivity contribution in [2.75, 3.05) is 0 Å². The fourth-order valence-electron chi connectivity index (χ4n) is 1.30. The SMILES string of the molecule is Cc1ncc(CCC2(N)CC2)s1. The van der Waals surface area contributed by atoms with Crippen LogP contribution in [0, 0.1) is 6.92 Å². The predicted octanol–water partition coefficient (Wildman–Crippen LogP) is 1.88. The first-order chi connectivity index (χ1) is 5.68. The van der Waals surface area contributed by atoms with Crippen molar-refractivity contribution in [3.05, 3.63) is 16.1 Å². The molecule has 66 valence electrons. The third-order valence-electron chi connectivity index (χ3n) is 2.43. The average molecular weight is 182 g/mol. The van der Waals surface area contributed by atoms with E-state index in [9.17, 15) is 0 Å². The molecule has 2 N–H and O–H groups in total. The molecular formula is C9H14N2S. The fourth-order valence-corrected chi connectivity index (χ4v) is 2.10. The molecule has 1 heterocycles. The number of aromatic nitrogens is 1. The Morgan fingerprint density at radius 1 is 1.67 bits per heavy atom. The lowest BCUT2D eigenvalue weighted by molar-refractivity contribution is 0.612. The number of thiazole rings is 1. The van der Waals surface area contributed by atoms with Gasteiger partial charge in [0.25, 0.3) is 0 Å². The lowest BCUT2D eigenvalue weighted by Gasteiger charge is -2.04. The number of rotatable bonds is 3. The summed E-state index contributed by atoms with van der Waals surface area (Å²) in [4.78, 5) is 5.59. The molecule has 1 fully saturated rings. The summed E-state index contributed by atoms with van der Waals surface area (Å²) in [5, 5.41) is 1.16. The Bertz CT molecular complexity index is 276. The van der Waals surface area contributed by atoms with Gasteiger partial charge in [-0.1, -0.05) is 0 Å². The van der Waals surface area contributed by atoms with Crippen LogP contribution in [-0.2, 0) is 6.42 Å². The molecule has 0 saturated heterocycles. The molecular weight excluding hydrogens is 168 g/mol. The van der Waals surface area contributed by atoms with Crippen molar-refractivity contribution < 1.29 is 0 Å². The molecule has 0 bridgehead atoms. The maximum Gasteiger partial charge on any atom is 0.0896 e. The Hall–Kier alpha value is -0.410. The predicted molar refractivity (Wildman–Crippen MR) is 51.3 cm³/mol. The van der Waals surface area contributed by atoms with Crippen LogP contribution in [0.3, 0.4) is 0 Å². The molecule has 1 aromatic rings. The lowest BCUT2D eigenvalue weighted by atomic mass is 10.1. The average Bonchev–Trinajstić information content (AvgIpc) is 2.60. The monoisotopic (exact) mass is 182 g/mol. The van der Waals surface area contributed by atoms with Gasteiger partial charge in [-0.15, -0.1) is 11.3 Å². The Labute approximate surface area is 76.8 Å². The summed E-state index contributed by atoms with van der Waals surface area (Å²) in [6.07, 6.45) is 6.65. The van der Waals surface area contributed by atoms with Gasteiger partial charge in [-0.2, -0.15) is 0 Å². The van der Waals surface area contributed by atoms with E-state index in [1.807, 2.05) is 13.1 Å². The van der Waals surface area contributed by atoms with Gasteiger partial charge < -0.3 is 5.73 Å². The zero-order valence-electron chi connectivity index (χ0n) is 7.34. The van der Waals surface area contributed by atoms with E-state index in [2.05, 4.69) is 4.98 Å². The van der Waals surface area contributed by atoms with E-state index in [0.717, 1.165) is 17.8 Å². The highest BCUT2D eigenvalue weighted by Gasteiger charge is 2.37. The van der Waals surface area contributed by atoms with Crippen molar-refractivity contribution in [1.29, 1.82) is 0 Å². The van der Waals surface area contributed by atoms with E-state index >= 15 is 0 Å². The fraction of sp³-hybridized carbons (Fsp3) is 0.667. The van der Waals surface area contributed by atoms with Gasteiger partial charge in [0.1, 0.15) is 0 Å². The Kier molecular flexibility index (Phi) is 1.93. The summed E-state index contributed by atoms with van der Waals surface area (Å²) in [6, 6.07) is 0. The van der Waals surface area contributed by atoms with E-state index < -0.39 is 0 Å². The molecule has 1 aromatic heterocycles. The molecule has 3 heteroatoms. The summed E-state index contributed by atoms with van der Waals surface area (Å²) in [5.74, 6) is 0. The maximum absolute atomic E-state index is 5.99. The number of hydrogen-bond donors (Lipinski definition) is 1. The molecule has 1 saturated carbocycles. The standard InChI is InChI=1S/C9H14N2S/c1-7-11-6-8(12-7)2-3-9(10)4-5-9/h6H,2-5,10H2,1H3. The second-order valence-electron chi connectivity index (χ2n) is 3.71. The first-order valence-electron chi connectivity index (χ1n) is 4.38. The van der Waals surface area contributed by atoms with Crippen LogP contribution in [0.1, 0.15) is 29.1 Å². The van der Waals surface area contributed by atoms with Crippen LogP contribution in [0.25, 0.3) is 0 Å². The minimum absolute atomic E-state index is 0.192. The highest BCUT2D eigenvalue weighted by molar-refractivity contribution is 7.11. The smallest absolute Gasteiger partial charge is 0.0896 e. The quantitative estimate of drug-likeness (QED) is 0.775. The van der Waals surface area contributed by atoms with Crippen LogP contribution in [0.2, 0.25) is 0 Å². The molecule has 0 amide bonds. The van der Waals surface area contributed by atoms with E-state index in [-0.39, 0.29) is 5.54 Å². The van der Waals surface area contributed by atoms with E-state index in [4.69, 9.17) is 5.73 Å².